The van der Waals surface area contributed by atoms with Crippen molar-refractivity contribution in [3.8, 4) is 0 Å². The fourth-order valence-corrected chi connectivity index (χ4v) is 6.39. The van der Waals surface area contributed by atoms with Gasteiger partial charge in [-0.25, -0.2) is 0 Å². The fourth-order valence-electron chi connectivity index (χ4n) is 3.74. The Morgan fingerprint density at radius 3 is 2.03 bits per heavy atom. The number of non-ortho nitro benzene ring substituents is 1. The van der Waals surface area contributed by atoms with Gasteiger partial charge >= 0.3 is 182 Å². The SMILES string of the molecule is Cc1c2ccccc2[n+]([I-]N2C(=O)c3ccc([N+](=O)[O-])cc3C2=O)c2ccccc12. The van der Waals surface area contributed by atoms with E-state index in [0.29, 0.717) is 0 Å². The molecule has 0 radical (unpaired) electrons. The number of fused-ring (bicyclic) bond motifs is 3. The second-order valence-electron chi connectivity index (χ2n) is 6.89. The summed E-state index contributed by atoms with van der Waals surface area (Å²) in [5.74, 6) is -0.883. The Labute approximate surface area is 181 Å². The summed E-state index contributed by atoms with van der Waals surface area (Å²) in [6.45, 7) is 2.06. The molecule has 0 saturated heterocycles. The van der Waals surface area contributed by atoms with Crippen LogP contribution in [0.3, 0.4) is 0 Å². The van der Waals surface area contributed by atoms with Crippen molar-refractivity contribution in [2.24, 2.45) is 0 Å². The number of aromatic nitrogens is 1. The van der Waals surface area contributed by atoms with Gasteiger partial charge in [-0.15, -0.1) is 0 Å². The zero-order chi connectivity index (χ0) is 21.0. The number of para-hydroxylation sites is 2. The van der Waals surface area contributed by atoms with Crippen molar-refractivity contribution < 1.29 is 39.0 Å². The molecule has 2 heterocycles. The average molecular weight is 511 g/mol. The number of carbonyl (C=O) groups is 2. The van der Waals surface area contributed by atoms with Crippen LogP contribution in [0.4, 0.5) is 5.69 Å². The first-order valence-electron chi connectivity index (χ1n) is 9.12. The molecule has 1 aliphatic heterocycles. The molecular formula is C22H14IN3O4. The van der Waals surface area contributed by atoms with E-state index in [2.05, 4.69) is 6.92 Å². The Hall–Kier alpha value is -3.40. The molecule has 0 fully saturated rings. The number of nitro groups is 1. The number of halogens is 1. The first-order valence-corrected chi connectivity index (χ1v) is 11.1. The quantitative estimate of drug-likeness (QED) is 0.101. The Kier molecular flexibility index (Phi) is 4.24. The molecule has 8 heteroatoms. The van der Waals surface area contributed by atoms with Gasteiger partial charge in [-0.3, -0.25) is 0 Å². The minimum atomic E-state index is -1.27. The van der Waals surface area contributed by atoms with Gasteiger partial charge in [0.1, 0.15) is 0 Å². The summed E-state index contributed by atoms with van der Waals surface area (Å²) in [6.07, 6.45) is 0. The fraction of sp³-hybridized carbons (Fsp3) is 0.0455. The van der Waals surface area contributed by atoms with Crippen molar-refractivity contribution in [1.29, 1.82) is 0 Å². The van der Waals surface area contributed by atoms with Crippen LogP contribution in [-0.2, 0) is 0 Å². The number of imide groups is 1. The predicted molar refractivity (Wildman–Crippen MR) is 105 cm³/mol. The third-order valence-electron chi connectivity index (χ3n) is 5.22. The van der Waals surface area contributed by atoms with Crippen LogP contribution in [0.2, 0.25) is 0 Å². The average Bonchev–Trinajstić information content (AvgIpc) is 3.00. The van der Waals surface area contributed by atoms with E-state index in [1.807, 2.05) is 51.3 Å². The van der Waals surface area contributed by atoms with Crippen molar-refractivity contribution in [1.82, 2.24) is 3.11 Å². The molecule has 3 aromatic carbocycles. The second-order valence-corrected chi connectivity index (χ2v) is 9.26. The molecule has 0 spiro atoms. The van der Waals surface area contributed by atoms with Crippen LogP contribution in [0, 0.1) is 17.0 Å². The van der Waals surface area contributed by atoms with Crippen LogP contribution in [-0.4, -0.2) is 19.9 Å². The van der Waals surface area contributed by atoms with Crippen molar-refractivity contribution in [2.75, 3.05) is 0 Å². The van der Waals surface area contributed by atoms with Crippen LogP contribution in [0.1, 0.15) is 26.3 Å². The molecular weight excluding hydrogens is 497 g/mol. The van der Waals surface area contributed by atoms with Gasteiger partial charge in [0.2, 0.25) is 0 Å². The van der Waals surface area contributed by atoms with Crippen LogP contribution < -0.4 is 24.5 Å². The Balaban J connectivity index is 1.67. The molecule has 30 heavy (non-hydrogen) atoms. The first kappa shape index (κ1) is 18.6. The van der Waals surface area contributed by atoms with E-state index in [1.165, 1.54) is 21.3 Å². The van der Waals surface area contributed by atoms with Crippen LogP contribution in [0.15, 0.2) is 66.7 Å². The monoisotopic (exact) mass is 511 g/mol. The molecule has 0 unspecified atom stereocenters. The van der Waals surface area contributed by atoms with E-state index in [-0.39, 0.29) is 16.8 Å². The van der Waals surface area contributed by atoms with Gasteiger partial charge in [0, 0.05) is 0 Å². The third kappa shape index (κ3) is 2.67. The van der Waals surface area contributed by atoms with Crippen LogP contribution in [0.5, 0.6) is 0 Å². The second kappa shape index (κ2) is 6.84. The van der Waals surface area contributed by atoms with Gasteiger partial charge in [-0.2, -0.15) is 0 Å². The molecule has 0 aliphatic carbocycles. The maximum atomic E-state index is 13.0. The number of carbonyl (C=O) groups excluding carboxylic acids is 2. The summed E-state index contributed by atoms with van der Waals surface area (Å²) in [5.41, 5.74) is 3.14. The van der Waals surface area contributed by atoms with E-state index in [1.54, 1.807) is 0 Å². The van der Waals surface area contributed by atoms with E-state index in [4.69, 9.17) is 0 Å². The summed E-state index contributed by atoms with van der Waals surface area (Å²) < 4.78 is 3.30. The summed E-state index contributed by atoms with van der Waals surface area (Å²) in [4.78, 5) is 36.5. The van der Waals surface area contributed by atoms with Gasteiger partial charge < -0.3 is 0 Å². The number of pyridine rings is 1. The van der Waals surface area contributed by atoms with Crippen molar-refractivity contribution in [3.05, 3.63) is 93.5 Å². The van der Waals surface area contributed by atoms with E-state index < -0.39 is 38.5 Å². The molecule has 5 rings (SSSR count). The molecule has 0 saturated carbocycles. The molecule has 0 atom stereocenters. The Morgan fingerprint density at radius 1 is 0.867 bits per heavy atom. The Bertz CT molecular complexity index is 1360. The van der Waals surface area contributed by atoms with Crippen LogP contribution >= 0.6 is 0 Å². The minimum absolute atomic E-state index is 0.0928. The van der Waals surface area contributed by atoms with Crippen molar-refractivity contribution in [2.45, 2.75) is 6.92 Å². The van der Waals surface area contributed by atoms with E-state index >= 15 is 0 Å². The molecule has 148 valence electrons. The van der Waals surface area contributed by atoms with Crippen LogP contribution in [0.25, 0.3) is 21.8 Å². The van der Waals surface area contributed by atoms with E-state index in [9.17, 15) is 19.7 Å². The summed E-state index contributed by atoms with van der Waals surface area (Å²) in [5, 5.41) is 13.2. The third-order valence-corrected chi connectivity index (χ3v) is 8.00. The van der Waals surface area contributed by atoms with Gasteiger partial charge in [0.25, 0.3) is 0 Å². The zero-order valence-electron chi connectivity index (χ0n) is 15.7. The van der Waals surface area contributed by atoms with Gasteiger partial charge in [-0.1, -0.05) is 0 Å². The zero-order valence-corrected chi connectivity index (χ0v) is 17.9. The van der Waals surface area contributed by atoms with Crippen molar-refractivity contribution in [3.63, 3.8) is 0 Å². The number of hydrogen-bond donors (Lipinski definition) is 0. The summed E-state index contributed by atoms with van der Waals surface area (Å²) in [7, 11) is 0. The van der Waals surface area contributed by atoms with Gasteiger partial charge in [0.05, 0.1) is 0 Å². The van der Waals surface area contributed by atoms with Gasteiger partial charge in [-0.05, 0) is 0 Å². The Morgan fingerprint density at radius 2 is 1.43 bits per heavy atom. The number of nitrogens with zero attached hydrogens (tertiary/aromatic N) is 3. The van der Waals surface area contributed by atoms with Gasteiger partial charge in [0.15, 0.2) is 0 Å². The molecule has 0 N–H and O–H groups in total. The molecule has 2 amide bonds. The number of hydrogen-bond acceptors (Lipinski definition) is 4. The number of rotatable bonds is 3. The summed E-state index contributed by atoms with van der Waals surface area (Å²) >= 11 is -1.27. The number of amides is 2. The van der Waals surface area contributed by atoms with Crippen molar-refractivity contribution >= 4 is 39.3 Å². The molecule has 0 bridgehead atoms. The molecule has 4 aromatic rings. The predicted octanol–water partition coefficient (Wildman–Crippen LogP) is 0.560. The standard InChI is InChI=1S/C22H14IN3O4/c1-13-15-6-2-4-8-19(15)24(20-9-5-3-7-16(13)20)23-25-21(27)17-11-10-14(26(29)30)12-18(17)22(25)28/h2-12H,1H3. The topological polar surface area (TPSA) is 84.4 Å². The summed E-state index contributed by atoms with van der Waals surface area (Å²) in [6, 6.07) is 19.6. The molecule has 1 aromatic heterocycles. The number of aryl methyl sites for hydroxylation is 1. The molecule has 7 nitrogen and oxygen atoms in total. The maximum absolute atomic E-state index is 13.0. The first-order chi connectivity index (χ1) is 14.5. The normalized spacial score (nSPS) is 13.4. The number of nitro benzene ring substituents is 1. The van der Waals surface area contributed by atoms with E-state index in [0.717, 1.165) is 27.4 Å². The number of benzene rings is 3. The molecule has 1 aliphatic rings.